The quantitative estimate of drug-likeness (QED) is 0.631. The van der Waals surface area contributed by atoms with Crippen LogP contribution in [0.5, 0.6) is 0 Å². The summed E-state index contributed by atoms with van der Waals surface area (Å²) in [6.45, 7) is 1.76. The van der Waals surface area contributed by atoms with Crippen molar-refractivity contribution in [2.24, 2.45) is 0 Å². The Bertz CT molecular complexity index is 438. The van der Waals surface area contributed by atoms with Crippen molar-refractivity contribution in [3.63, 3.8) is 0 Å². The molecule has 0 amide bonds. The van der Waals surface area contributed by atoms with E-state index in [4.69, 9.17) is 16.0 Å². The maximum absolute atomic E-state index is 12.8. The number of fused-ring (bicyclic) bond motifs is 1. The molecule has 0 aliphatic rings. The average molecular weight is 186 g/mol. The first kappa shape index (κ1) is 7.55. The van der Waals surface area contributed by atoms with Crippen LogP contribution in [0.25, 0.3) is 11.1 Å². The highest BCUT2D eigenvalue weighted by Gasteiger charge is 2.10. The molecule has 2 aromatic heterocycles. The van der Waals surface area contributed by atoms with Gasteiger partial charge in [-0.15, -0.1) is 0 Å². The van der Waals surface area contributed by atoms with Crippen LogP contribution in [0.3, 0.4) is 0 Å². The van der Waals surface area contributed by atoms with Gasteiger partial charge < -0.3 is 4.42 Å². The second kappa shape index (κ2) is 2.45. The van der Waals surface area contributed by atoms with Gasteiger partial charge in [-0.2, -0.15) is 0 Å². The number of nitrogens with zero attached hydrogens (tertiary/aromatic N) is 1. The van der Waals surface area contributed by atoms with E-state index in [1.807, 2.05) is 0 Å². The van der Waals surface area contributed by atoms with Gasteiger partial charge in [0.25, 0.3) is 0 Å². The fourth-order valence-corrected chi connectivity index (χ4v) is 1.23. The third-order valence-corrected chi connectivity index (χ3v) is 1.91. The predicted octanol–water partition coefficient (Wildman–Crippen LogP) is 2.93. The molecule has 0 atom stereocenters. The molecule has 0 saturated heterocycles. The number of aromatic nitrogens is 1. The van der Waals surface area contributed by atoms with Gasteiger partial charge in [0.1, 0.15) is 16.3 Å². The second-order valence-electron chi connectivity index (χ2n) is 2.49. The van der Waals surface area contributed by atoms with Crippen LogP contribution >= 0.6 is 11.6 Å². The lowest BCUT2D eigenvalue weighted by atomic mass is 10.4. The number of aryl methyl sites for hydroxylation is 1. The minimum Gasteiger partial charge on any atom is -0.458 e. The molecule has 0 fully saturated rings. The number of furan rings is 1. The highest BCUT2D eigenvalue weighted by Crippen LogP contribution is 2.26. The summed E-state index contributed by atoms with van der Waals surface area (Å²) >= 11 is 5.63. The molecule has 0 saturated carbocycles. The van der Waals surface area contributed by atoms with E-state index in [1.165, 1.54) is 0 Å². The molecule has 0 radical (unpaired) electrons. The van der Waals surface area contributed by atoms with E-state index in [-0.39, 0.29) is 5.02 Å². The van der Waals surface area contributed by atoms with Gasteiger partial charge in [-0.3, -0.25) is 0 Å². The van der Waals surface area contributed by atoms with Crippen molar-refractivity contribution in [2.45, 2.75) is 6.92 Å². The Labute approximate surface area is 73.0 Å². The third kappa shape index (κ3) is 0.975. The van der Waals surface area contributed by atoms with Crippen molar-refractivity contribution in [1.29, 1.82) is 0 Å². The topological polar surface area (TPSA) is 26.0 Å². The number of hydrogen-bond acceptors (Lipinski definition) is 2. The zero-order chi connectivity index (χ0) is 8.72. The van der Waals surface area contributed by atoms with Crippen molar-refractivity contribution in [3.05, 3.63) is 28.9 Å². The molecule has 2 aromatic rings. The summed E-state index contributed by atoms with van der Waals surface area (Å²) in [5, 5.41) is -0.00639. The standard InChI is InChI=1S/C8H5ClFNO/c1-4-2-6-8(12-4)7(9)5(10)3-11-6/h2-3H,1H3. The van der Waals surface area contributed by atoms with E-state index in [0.29, 0.717) is 16.9 Å². The zero-order valence-electron chi connectivity index (χ0n) is 6.27. The molecule has 2 nitrogen and oxygen atoms in total. The summed E-state index contributed by atoms with van der Waals surface area (Å²) < 4.78 is 17.9. The Hall–Kier alpha value is -1.09. The van der Waals surface area contributed by atoms with E-state index in [0.717, 1.165) is 6.20 Å². The fraction of sp³-hybridized carbons (Fsp3) is 0.125. The van der Waals surface area contributed by atoms with Crippen LogP contribution in [0.15, 0.2) is 16.7 Å². The summed E-state index contributed by atoms with van der Waals surface area (Å²) in [4.78, 5) is 3.81. The maximum Gasteiger partial charge on any atom is 0.174 e. The predicted molar refractivity (Wildman–Crippen MR) is 43.7 cm³/mol. The van der Waals surface area contributed by atoms with Crippen molar-refractivity contribution in [2.75, 3.05) is 0 Å². The summed E-state index contributed by atoms with van der Waals surface area (Å²) in [7, 11) is 0. The van der Waals surface area contributed by atoms with Gasteiger partial charge >= 0.3 is 0 Å². The highest BCUT2D eigenvalue weighted by atomic mass is 35.5. The number of hydrogen-bond donors (Lipinski definition) is 0. The Morgan fingerprint density at radius 1 is 1.58 bits per heavy atom. The Kier molecular flexibility index (Phi) is 1.54. The molecule has 2 rings (SSSR count). The Morgan fingerprint density at radius 2 is 2.33 bits per heavy atom. The van der Waals surface area contributed by atoms with Gasteiger partial charge in [-0.05, 0) is 6.92 Å². The van der Waals surface area contributed by atoms with Crippen molar-refractivity contribution < 1.29 is 8.81 Å². The highest BCUT2D eigenvalue weighted by molar-refractivity contribution is 6.34. The lowest BCUT2D eigenvalue weighted by Crippen LogP contribution is -1.79. The van der Waals surface area contributed by atoms with Crippen LogP contribution in [0.4, 0.5) is 4.39 Å². The molecule has 0 spiro atoms. The first-order valence-electron chi connectivity index (χ1n) is 3.38. The summed E-state index contributed by atoms with van der Waals surface area (Å²) in [5.74, 6) is 0.114. The molecule has 0 bridgehead atoms. The monoisotopic (exact) mass is 185 g/mol. The first-order chi connectivity index (χ1) is 5.68. The normalized spacial score (nSPS) is 10.9. The minimum absolute atomic E-state index is 0.00639. The smallest absolute Gasteiger partial charge is 0.174 e. The molecule has 0 unspecified atom stereocenters. The molecule has 0 aromatic carbocycles. The summed E-state index contributed by atoms with van der Waals surface area (Å²) in [5.41, 5.74) is 0.896. The molecule has 2 heterocycles. The third-order valence-electron chi connectivity index (χ3n) is 1.56. The lowest BCUT2D eigenvalue weighted by molar-refractivity contribution is 0.569. The molecule has 12 heavy (non-hydrogen) atoms. The Balaban J connectivity index is 2.89. The van der Waals surface area contributed by atoms with Crippen molar-refractivity contribution in [3.8, 4) is 0 Å². The lowest BCUT2D eigenvalue weighted by Gasteiger charge is -1.92. The molecule has 62 valence electrons. The summed E-state index contributed by atoms with van der Waals surface area (Å²) in [6.07, 6.45) is 1.08. The van der Waals surface area contributed by atoms with Crippen LogP contribution in [0, 0.1) is 12.7 Å². The molecular formula is C8H5ClFNO. The van der Waals surface area contributed by atoms with E-state index in [9.17, 15) is 4.39 Å². The molecule has 0 N–H and O–H groups in total. The van der Waals surface area contributed by atoms with Crippen LogP contribution in [0.1, 0.15) is 5.76 Å². The SMILES string of the molecule is Cc1cc2ncc(F)c(Cl)c2o1. The van der Waals surface area contributed by atoms with Gasteiger partial charge in [-0.25, -0.2) is 9.37 Å². The van der Waals surface area contributed by atoms with Gasteiger partial charge in [0.2, 0.25) is 0 Å². The minimum atomic E-state index is -0.557. The number of rotatable bonds is 0. The van der Waals surface area contributed by atoms with Gasteiger partial charge in [0, 0.05) is 6.07 Å². The van der Waals surface area contributed by atoms with E-state index in [1.54, 1.807) is 13.0 Å². The average Bonchev–Trinajstić information content (AvgIpc) is 2.39. The number of pyridine rings is 1. The molecule has 0 aliphatic heterocycles. The van der Waals surface area contributed by atoms with Crippen LogP contribution in [0.2, 0.25) is 5.02 Å². The molecular weight excluding hydrogens is 181 g/mol. The molecule has 4 heteroatoms. The van der Waals surface area contributed by atoms with E-state index in [2.05, 4.69) is 4.98 Å². The number of halogens is 2. The van der Waals surface area contributed by atoms with E-state index >= 15 is 0 Å². The largest absolute Gasteiger partial charge is 0.458 e. The second-order valence-corrected chi connectivity index (χ2v) is 2.87. The first-order valence-corrected chi connectivity index (χ1v) is 3.76. The summed E-state index contributed by atoms with van der Waals surface area (Å²) in [6, 6.07) is 1.71. The van der Waals surface area contributed by atoms with Crippen LogP contribution in [-0.2, 0) is 0 Å². The zero-order valence-corrected chi connectivity index (χ0v) is 7.02. The van der Waals surface area contributed by atoms with Crippen LogP contribution in [-0.4, -0.2) is 4.98 Å². The van der Waals surface area contributed by atoms with Crippen LogP contribution < -0.4 is 0 Å². The van der Waals surface area contributed by atoms with Crippen molar-refractivity contribution >= 4 is 22.7 Å². The van der Waals surface area contributed by atoms with E-state index < -0.39 is 5.82 Å². The van der Waals surface area contributed by atoms with Gasteiger partial charge in [0.05, 0.1) is 6.20 Å². The van der Waals surface area contributed by atoms with Crippen molar-refractivity contribution in [1.82, 2.24) is 4.98 Å². The molecule has 0 aliphatic carbocycles. The van der Waals surface area contributed by atoms with Gasteiger partial charge in [0.15, 0.2) is 11.4 Å². The fourth-order valence-electron chi connectivity index (χ4n) is 1.05. The Morgan fingerprint density at radius 3 is 3.08 bits per heavy atom. The maximum atomic E-state index is 12.8. The van der Waals surface area contributed by atoms with Gasteiger partial charge in [-0.1, -0.05) is 11.6 Å².